The third-order valence-corrected chi connectivity index (χ3v) is 6.39. The van der Waals surface area contributed by atoms with Gasteiger partial charge in [0.1, 0.15) is 11.6 Å². The average Bonchev–Trinajstić information content (AvgIpc) is 2.91. The first kappa shape index (κ1) is 25.1. The zero-order valence-electron chi connectivity index (χ0n) is 20.7. The summed E-state index contributed by atoms with van der Waals surface area (Å²) in [5.41, 5.74) is 3.61. The van der Waals surface area contributed by atoms with E-state index >= 15 is 0 Å². The molecule has 0 fully saturated rings. The Morgan fingerprint density at radius 1 is 0.816 bits per heavy atom. The zero-order valence-corrected chi connectivity index (χ0v) is 20.7. The van der Waals surface area contributed by atoms with Gasteiger partial charge in [-0.15, -0.1) is 13.2 Å². The van der Waals surface area contributed by atoms with Crippen LogP contribution in [0.5, 0.6) is 5.75 Å². The van der Waals surface area contributed by atoms with Crippen molar-refractivity contribution in [3.8, 4) is 5.75 Å². The highest BCUT2D eigenvalue weighted by Gasteiger charge is 2.31. The first-order chi connectivity index (χ1) is 18.2. The van der Waals surface area contributed by atoms with Gasteiger partial charge in [0.2, 0.25) is 0 Å². The van der Waals surface area contributed by atoms with Gasteiger partial charge >= 0.3 is 6.36 Å². The van der Waals surface area contributed by atoms with Gasteiger partial charge in [0.25, 0.3) is 5.56 Å². The number of ether oxygens (including phenoxy) is 1. The number of aryl methyl sites for hydroxylation is 1. The SMILES string of the molecule is Cc1nc2ccc(N(C)c3ccc(OC(F)(F)F)cc3)cc2c(=O)n1C(c1ccccc1)c1ccccc1. The fourth-order valence-electron chi connectivity index (χ4n) is 4.59. The van der Waals surface area contributed by atoms with Gasteiger partial charge in [0.15, 0.2) is 0 Å². The van der Waals surface area contributed by atoms with Crippen molar-refractivity contribution in [3.63, 3.8) is 0 Å². The maximum absolute atomic E-state index is 14.0. The van der Waals surface area contributed by atoms with Crippen molar-refractivity contribution in [1.29, 1.82) is 0 Å². The molecule has 0 aliphatic carbocycles. The van der Waals surface area contributed by atoms with E-state index in [1.165, 1.54) is 24.3 Å². The van der Waals surface area contributed by atoms with Crippen LogP contribution in [-0.2, 0) is 0 Å². The predicted octanol–water partition coefficient (Wildman–Crippen LogP) is 7.01. The molecule has 0 radical (unpaired) electrons. The van der Waals surface area contributed by atoms with Crippen LogP contribution in [0, 0.1) is 6.92 Å². The maximum atomic E-state index is 14.0. The quantitative estimate of drug-likeness (QED) is 0.244. The lowest BCUT2D eigenvalue weighted by atomic mass is 9.98. The first-order valence-electron chi connectivity index (χ1n) is 11.9. The number of hydrogen-bond donors (Lipinski definition) is 0. The van der Waals surface area contributed by atoms with E-state index in [-0.39, 0.29) is 17.4 Å². The van der Waals surface area contributed by atoms with Crippen LogP contribution in [0.3, 0.4) is 0 Å². The van der Waals surface area contributed by atoms with E-state index in [4.69, 9.17) is 4.98 Å². The second-order valence-electron chi connectivity index (χ2n) is 8.86. The van der Waals surface area contributed by atoms with Crippen molar-refractivity contribution in [2.75, 3.05) is 11.9 Å². The summed E-state index contributed by atoms with van der Waals surface area (Å²) in [5.74, 6) is 0.283. The summed E-state index contributed by atoms with van der Waals surface area (Å²) >= 11 is 0. The van der Waals surface area contributed by atoms with E-state index < -0.39 is 6.36 Å². The van der Waals surface area contributed by atoms with Gasteiger partial charge in [-0.3, -0.25) is 9.36 Å². The molecule has 8 heteroatoms. The van der Waals surface area contributed by atoms with E-state index in [0.29, 0.717) is 28.1 Å². The van der Waals surface area contributed by atoms with Gasteiger partial charge in [-0.25, -0.2) is 4.98 Å². The molecule has 38 heavy (non-hydrogen) atoms. The Labute approximate surface area is 217 Å². The van der Waals surface area contributed by atoms with Crippen molar-refractivity contribution in [2.24, 2.45) is 0 Å². The fourth-order valence-corrected chi connectivity index (χ4v) is 4.59. The lowest BCUT2D eigenvalue weighted by Crippen LogP contribution is -2.29. The molecule has 0 saturated carbocycles. The Morgan fingerprint density at radius 2 is 1.37 bits per heavy atom. The molecular formula is C30H24F3N3O2. The van der Waals surface area contributed by atoms with Crippen molar-refractivity contribution in [2.45, 2.75) is 19.3 Å². The molecule has 0 amide bonds. The first-order valence-corrected chi connectivity index (χ1v) is 11.9. The Morgan fingerprint density at radius 3 is 1.92 bits per heavy atom. The van der Waals surface area contributed by atoms with E-state index in [1.54, 1.807) is 28.6 Å². The highest BCUT2D eigenvalue weighted by Crippen LogP contribution is 2.31. The van der Waals surface area contributed by atoms with E-state index in [9.17, 15) is 18.0 Å². The van der Waals surface area contributed by atoms with Crippen LogP contribution in [0.2, 0.25) is 0 Å². The summed E-state index contributed by atoms with van der Waals surface area (Å²) in [5, 5.41) is 0.439. The van der Waals surface area contributed by atoms with Crippen LogP contribution >= 0.6 is 0 Å². The summed E-state index contributed by atoms with van der Waals surface area (Å²) in [4.78, 5) is 20.5. The standard InChI is InChI=1S/C30H24F3N3O2/c1-20-34-27-18-15-24(35(2)23-13-16-25(17-14-23)38-30(31,32)33)19-26(27)29(37)36(20)28(21-9-5-3-6-10-21)22-11-7-4-8-12-22/h3-19,28H,1-2H3. The normalized spacial score (nSPS) is 11.6. The number of aromatic nitrogens is 2. The number of fused-ring (bicyclic) bond motifs is 1. The minimum Gasteiger partial charge on any atom is -0.406 e. The molecule has 5 rings (SSSR count). The number of alkyl halides is 3. The number of benzene rings is 4. The van der Waals surface area contributed by atoms with Crippen LogP contribution < -0.4 is 15.2 Å². The second kappa shape index (κ2) is 10.0. The summed E-state index contributed by atoms with van der Waals surface area (Å²) < 4.78 is 43.2. The zero-order chi connectivity index (χ0) is 26.9. The van der Waals surface area contributed by atoms with Gasteiger partial charge in [-0.05, 0) is 60.5 Å². The van der Waals surface area contributed by atoms with Gasteiger partial charge in [-0.1, -0.05) is 60.7 Å². The molecule has 0 atom stereocenters. The minimum absolute atomic E-state index is 0.186. The summed E-state index contributed by atoms with van der Waals surface area (Å²) in [6, 6.07) is 30.1. The molecule has 192 valence electrons. The van der Waals surface area contributed by atoms with Crippen molar-refractivity contribution in [1.82, 2.24) is 9.55 Å². The maximum Gasteiger partial charge on any atom is 0.573 e. The number of rotatable bonds is 6. The highest BCUT2D eigenvalue weighted by molar-refractivity contribution is 5.83. The molecule has 0 saturated heterocycles. The number of anilines is 2. The molecule has 0 N–H and O–H groups in total. The van der Waals surface area contributed by atoms with Crippen LogP contribution in [0.15, 0.2) is 108 Å². The number of nitrogens with zero attached hydrogens (tertiary/aromatic N) is 3. The fraction of sp³-hybridized carbons (Fsp3) is 0.133. The Bertz CT molecular complexity index is 1580. The summed E-state index contributed by atoms with van der Waals surface area (Å²) in [6.07, 6.45) is -4.76. The van der Waals surface area contributed by atoms with Gasteiger partial charge in [0.05, 0.1) is 16.9 Å². The molecule has 0 bridgehead atoms. The molecule has 5 aromatic rings. The molecule has 1 heterocycles. The molecule has 4 aromatic carbocycles. The van der Waals surface area contributed by atoms with Crippen molar-refractivity contribution < 1.29 is 17.9 Å². The average molecular weight is 516 g/mol. The Hall–Kier alpha value is -4.59. The topological polar surface area (TPSA) is 47.4 Å². The highest BCUT2D eigenvalue weighted by atomic mass is 19.4. The minimum atomic E-state index is -4.76. The van der Waals surface area contributed by atoms with E-state index in [1.807, 2.05) is 73.7 Å². The van der Waals surface area contributed by atoms with Crippen LogP contribution in [-0.4, -0.2) is 23.0 Å². The molecule has 0 unspecified atom stereocenters. The molecule has 0 spiro atoms. The summed E-state index contributed by atoms with van der Waals surface area (Å²) in [7, 11) is 1.78. The molecule has 0 aliphatic heterocycles. The van der Waals surface area contributed by atoms with Gasteiger partial charge in [-0.2, -0.15) is 0 Å². The smallest absolute Gasteiger partial charge is 0.406 e. The summed E-state index contributed by atoms with van der Waals surface area (Å²) in [6.45, 7) is 1.82. The number of hydrogen-bond acceptors (Lipinski definition) is 4. The molecular weight excluding hydrogens is 491 g/mol. The molecule has 0 aliphatic rings. The van der Waals surface area contributed by atoms with Crippen LogP contribution in [0.1, 0.15) is 23.0 Å². The van der Waals surface area contributed by atoms with Crippen molar-refractivity contribution in [3.05, 3.63) is 130 Å². The van der Waals surface area contributed by atoms with Gasteiger partial charge < -0.3 is 9.64 Å². The third kappa shape index (κ3) is 5.11. The van der Waals surface area contributed by atoms with Gasteiger partial charge in [0, 0.05) is 18.4 Å². The third-order valence-electron chi connectivity index (χ3n) is 6.39. The van der Waals surface area contributed by atoms with Crippen LogP contribution in [0.25, 0.3) is 10.9 Å². The lowest BCUT2D eigenvalue weighted by molar-refractivity contribution is -0.274. The second-order valence-corrected chi connectivity index (χ2v) is 8.86. The Balaban J connectivity index is 1.59. The van der Waals surface area contributed by atoms with Crippen molar-refractivity contribution >= 4 is 22.3 Å². The Kier molecular flexibility index (Phi) is 6.63. The van der Waals surface area contributed by atoms with Crippen LogP contribution in [0.4, 0.5) is 24.5 Å². The van der Waals surface area contributed by atoms with E-state index in [0.717, 1.165) is 11.1 Å². The molecule has 5 nitrogen and oxygen atoms in total. The monoisotopic (exact) mass is 515 g/mol. The predicted molar refractivity (Wildman–Crippen MR) is 142 cm³/mol. The van der Waals surface area contributed by atoms with E-state index in [2.05, 4.69) is 4.74 Å². The molecule has 1 aromatic heterocycles. The largest absolute Gasteiger partial charge is 0.573 e. The lowest BCUT2D eigenvalue weighted by Gasteiger charge is -2.24. The number of halogens is 3.